The first-order valence-corrected chi connectivity index (χ1v) is 8.03. The van der Waals surface area contributed by atoms with E-state index in [1.807, 2.05) is 6.92 Å². The van der Waals surface area contributed by atoms with E-state index in [0.717, 1.165) is 12.8 Å². The van der Waals surface area contributed by atoms with Gasteiger partial charge in [-0.3, -0.25) is 9.59 Å². The van der Waals surface area contributed by atoms with Crippen molar-refractivity contribution in [3.05, 3.63) is 0 Å². The molecular weight excluding hydrogens is 262 g/mol. The molecule has 0 bridgehead atoms. The highest BCUT2D eigenvalue weighted by atomic mass is 32.2. The van der Waals surface area contributed by atoms with E-state index in [4.69, 9.17) is 0 Å². The zero-order valence-electron chi connectivity index (χ0n) is 11.7. The molecule has 0 spiro atoms. The van der Waals surface area contributed by atoms with Crippen molar-refractivity contribution in [3.8, 4) is 0 Å². The van der Waals surface area contributed by atoms with Gasteiger partial charge in [-0.2, -0.15) is 0 Å². The minimum atomic E-state index is -1.40. The molecule has 4 nitrogen and oxygen atoms in total. The van der Waals surface area contributed by atoms with Gasteiger partial charge in [0.25, 0.3) is 0 Å². The molecule has 5 heteroatoms. The average molecular weight is 285 g/mol. The summed E-state index contributed by atoms with van der Waals surface area (Å²) in [6.07, 6.45) is 5.90. The molecule has 1 heterocycles. The summed E-state index contributed by atoms with van der Waals surface area (Å²) in [5, 5.41) is 13.3. The van der Waals surface area contributed by atoms with Gasteiger partial charge in [-0.05, 0) is 26.7 Å². The van der Waals surface area contributed by atoms with Gasteiger partial charge in [0, 0.05) is 12.5 Å². The Morgan fingerprint density at radius 1 is 1.37 bits per heavy atom. The summed E-state index contributed by atoms with van der Waals surface area (Å²) in [6, 6.07) is 0.275. The van der Waals surface area contributed by atoms with Crippen molar-refractivity contribution in [2.75, 3.05) is 5.75 Å². The van der Waals surface area contributed by atoms with Crippen molar-refractivity contribution >= 4 is 23.5 Å². The summed E-state index contributed by atoms with van der Waals surface area (Å²) >= 11 is 1.39. The number of carbonyl (C=O) groups is 2. The van der Waals surface area contributed by atoms with Crippen LogP contribution in [-0.2, 0) is 9.59 Å². The van der Waals surface area contributed by atoms with Crippen LogP contribution >= 0.6 is 11.8 Å². The van der Waals surface area contributed by atoms with Crippen LogP contribution in [0.5, 0.6) is 0 Å². The Kier molecular flexibility index (Phi) is 4.26. The summed E-state index contributed by atoms with van der Waals surface area (Å²) < 4.78 is -0.706. The van der Waals surface area contributed by atoms with Crippen molar-refractivity contribution < 1.29 is 14.7 Å². The van der Waals surface area contributed by atoms with E-state index in [1.165, 1.54) is 37.9 Å². The number of ketones is 1. The molecule has 2 atom stereocenters. The third kappa shape index (κ3) is 2.97. The van der Waals surface area contributed by atoms with Crippen molar-refractivity contribution in [2.45, 2.75) is 68.8 Å². The van der Waals surface area contributed by atoms with E-state index >= 15 is 0 Å². The van der Waals surface area contributed by atoms with Gasteiger partial charge in [0.2, 0.25) is 5.91 Å². The summed E-state index contributed by atoms with van der Waals surface area (Å²) in [7, 11) is 0. The standard InChI is InChI=1S/C14H23NO3S/c1-13(14(2,18)11(16)9-19-13)8-12(17)15-10-6-4-3-5-7-10/h10,18H,3-9H2,1-2H3,(H,15,17)/t13-,14-/m0/s1. The van der Waals surface area contributed by atoms with Crippen molar-refractivity contribution in [3.63, 3.8) is 0 Å². The second-order valence-electron chi connectivity index (χ2n) is 6.09. The SMILES string of the molecule is C[C@]1(O)C(=O)CS[C@@]1(C)CC(=O)NC1CCCCC1. The number of hydrogen-bond acceptors (Lipinski definition) is 4. The maximum Gasteiger partial charge on any atom is 0.221 e. The Morgan fingerprint density at radius 3 is 2.53 bits per heavy atom. The predicted octanol–water partition coefficient (Wildman–Crippen LogP) is 1.65. The second kappa shape index (κ2) is 5.44. The highest BCUT2D eigenvalue weighted by Gasteiger charge is 2.55. The molecule has 0 radical (unpaired) electrons. The summed E-state index contributed by atoms with van der Waals surface area (Å²) in [5.41, 5.74) is -1.40. The van der Waals surface area contributed by atoms with E-state index < -0.39 is 10.3 Å². The maximum absolute atomic E-state index is 12.1. The zero-order chi connectivity index (χ0) is 14.1. The van der Waals surface area contributed by atoms with Gasteiger partial charge in [0.1, 0.15) is 5.60 Å². The Bertz CT molecular complexity index is 377. The molecular formula is C14H23NO3S. The molecule has 108 valence electrons. The number of thioether (sulfide) groups is 1. The van der Waals surface area contributed by atoms with E-state index in [0.29, 0.717) is 5.75 Å². The first-order chi connectivity index (χ1) is 8.85. The van der Waals surface area contributed by atoms with E-state index in [2.05, 4.69) is 5.32 Å². The highest BCUT2D eigenvalue weighted by molar-refractivity contribution is 8.02. The molecule has 0 aromatic rings. The first kappa shape index (κ1) is 14.9. The largest absolute Gasteiger partial charge is 0.381 e. The number of aliphatic hydroxyl groups is 1. The molecule has 19 heavy (non-hydrogen) atoms. The van der Waals surface area contributed by atoms with Gasteiger partial charge in [0.15, 0.2) is 5.78 Å². The Balaban J connectivity index is 1.93. The van der Waals surface area contributed by atoms with Crippen LogP contribution in [0.2, 0.25) is 0 Å². The molecule has 1 saturated carbocycles. The van der Waals surface area contributed by atoms with Crippen LogP contribution in [0.3, 0.4) is 0 Å². The summed E-state index contributed by atoms with van der Waals surface area (Å²) in [6.45, 7) is 3.34. The fourth-order valence-corrected chi connectivity index (χ4v) is 4.21. The minimum absolute atomic E-state index is 0.0446. The quantitative estimate of drug-likeness (QED) is 0.827. The lowest BCUT2D eigenvalue weighted by atomic mass is 9.84. The van der Waals surface area contributed by atoms with Crippen LogP contribution in [0.15, 0.2) is 0 Å². The molecule has 2 fully saturated rings. The van der Waals surface area contributed by atoms with Gasteiger partial charge < -0.3 is 10.4 Å². The Morgan fingerprint density at radius 2 is 2.00 bits per heavy atom. The van der Waals surface area contributed by atoms with Gasteiger partial charge in [-0.1, -0.05) is 19.3 Å². The molecule has 2 N–H and O–H groups in total. The van der Waals surface area contributed by atoms with Crippen LogP contribution in [0.25, 0.3) is 0 Å². The van der Waals surface area contributed by atoms with E-state index in [9.17, 15) is 14.7 Å². The summed E-state index contributed by atoms with van der Waals surface area (Å²) in [5.74, 6) is 0.0718. The van der Waals surface area contributed by atoms with Gasteiger partial charge in [0.05, 0.1) is 10.5 Å². The maximum atomic E-state index is 12.1. The number of Topliss-reactive ketones (excluding diaryl/α,β-unsaturated/α-hetero) is 1. The number of hydrogen-bond donors (Lipinski definition) is 2. The molecule has 2 rings (SSSR count). The van der Waals surface area contributed by atoms with E-state index in [-0.39, 0.29) is 24.2 Å². The van der Waals surface area contributed by atoms with Crippen molar-refractivity contribution in [2.24, 2.45) is 0 Å². The van der Waals surface area contributed by atoms with Crippen molar-refractivity contribution in [1.82, 2.24) is 5.32 Å². The number of rotatable bonds is 3. The Hall–Kier alpha value is -0.550. The topological polar surface area (TPSA) is 66.4 Å². The van der Waals surface area contributed by atoms with Crippen LogP contribution in [0.1, 0.15) is 52.4 Å². The van der Waals surface area contributed by atoms with Crippen molar-refractivity contribution in [1.29, 1.82) is 0 Å². The zero-order valence-corrected chi connectivity index (χ0v) is 12.5. The molecule has 0 aromatic carbocycles. The van der Waals surface area contributed by atoms with Crippen LogP contribution in [0.4, 0.5) is 0 Å². The van der Waals surface area contributed by atoms with E-state index in [1.54, 1.807) is 0 Å². The number of amides is 1. The minimum Gasteiger partial charge on any atom is -0.381 e. The fraction of sp³-hybridized carbons (Fsp3) is 0.857. The monoisotopic (exact) mass is 285 g/mol. The highest BCUT2D eigenvalue weighted by Crippen LogP contribution is 2.45. The fourth-order valence-electron chi connectivity index (χ4n) is 2.86. The lowest BCUT2D eigenvalue weighted by molar-refractivity contribution is -0.135. The smallest absolute Gasteiger partial charge is 0.221 e. The average Bonchev–Trinajstić information content (AvgIpc) is 2.54. The molecule has 1 amide bonds. The normalized spacial score (nSPS) is 36.5. The molecule has 2 aliphatic rings. The molecule has 0 aromatic heterocycles. The molecule has 1 aliphatic heterocycles. The lowest BCUT2D eigenvalue weighted by Crippen LogP contribution is -2.51. The number of carbonyl (C=O) groups excluding carboxylic acids is 2. The first-order valence-electron chi connectivity index (χ1n) is 7.04. The molecule has 1 saturated heterocycles. The van der Waals surface area contributed by atoms with Gasteiger partial charge in [-0.15, -0.1) is 11.8 Å². The van der Waals surface area contributed by atoms with Gasteiger partial charge >= 0.3 is 0 Å². The van der Waals surface area contributed by atoms with Crippen LogP contribution in [-0.4, -0.2) is 38.9 Å². The molecule has 1 aliphatic carbocycles. The Labute approximate surface area is 118 Å². The van der Waals surface area contributed by atoms with Crippen LogP contribution < -0.4 is 5.32 Å². The lowest BCUT2D eigenvalue weighted by Gasteiger charge is -2.34. The predicted molar refractivity (Wildman–Crippen MR) is 76.1 cm³/mol. The molecule has 0 unspecified atom stereocenters. The summed E-state index contributed by atoms with van der Waals surface area (Å²) in [4.78, 5) is 23.8. The number of nitrogens with one attached hydrogen (secondary N) is 1. The third-order valence-electron chi connectivity index (χ3n) is 4.56. The van der Waals surface area contributed by atoms with Gasteiger partial charge in [-0.25, -0.2) is 0 Å². The second-order valence-corrected chi connectivity index (χ2v) is 7.57. The third-order valence-corrected chi connectivity index (χ3v) is 6.15. The van der Waals surface area contributed by atoms with Crippen LogP contribution in [0, 0.1) is 0 Å².